The van der Waals surface area contributed by atoms with Crippen molar-refractivity contribution in [1.29, 1.82) is 0 Å². The molecule has 0 aromatic rings. The van der Waals surface area contributed by atoms with Crippen molar-refractivity contribution in [2.45, 2.75) is 0 Å². The van der Waals surface area contributed by atoms with Crippen LogP contribution in [0, 0.1) is 0 Å². The van der Waals surface area contributed by atoms with Crippen LogP contribution in [0.2, 0.25) is 0 Å². The van der Waals surface area contributed by atoms with Gasteiger partial charge in [-0.15, -0.1) is 0 Å². The lowest BCUT2D eigenvalue weighted by Gasteiger charge is -2.53. The van der Waals surface area contributed by atoms with Gasteiger partial charge < -0.3 is 8.97 Å². The summed E-state index contributed by atoms with van der Waals surface area (Å²) in [4.78, 5) is 0. The Kier molecular flexibility index (Phi) is 2.13. The molecule has 69 valence electrons. The summed E-state index contributed by atoms with van der Waals surface area (Å²) in [5.74, 6) is 0.948. The van der Waals surface area contributed by atoms with Gasteiger partial charge in [-0.05, 0) is 0 Å². The van der Waals surface area contributed by atoms with Gasteiger partial charge in [0.1, 0.15) is 39.3 Å². The summed E-state index contributed by atoms with van der Waals surface area (Å²) in [5, 5.41) is 0. The van der Waals surface area contributed by atoms with Crippen LogP contribution in [-0.2, 0) is 0 Å². The van der Waals surface area contributed by atoms with Gasteiger partial charge in [-0.1, -0.05) is 12.6 Å². The summed E-state index contributed by atoms with van der Waals surface area (Å²) in [6.07, 6.45) is 0. The number of likely N-dealkylation sites (N-methyl/N-ethyl adjacent to an activating group) is 1. The maximum Gasteiger partial charge on any atom is 0.129 e. The summed E-state index contributed by atoms with van der Waals surface area (Å²) in [7, 11) is 2.40. The minimum Gasteiger partial charge on any atom is -0.312 e. The fourth-order valence-corrected chi connectivity index (χ4v) is 2.95. The van der Waals surface area contributed by atoms with Crippen LogP contribution < -0.4 is 0 Å². The largest absolute Gasteiger partial charge is 0.312 e. The first kappa shape index (κ1) is 8.85. The molecule has 0 N–H and O–H groups in total. The summed E-state index contributed by atoms with van der Waals surface area (Å²) in [5.41, 5.74) is 0. The lowest BCUT2D eigenvalue weighted by molar-refractivity contribution is -1.07. The molecular weight excluding hydrogens is 168 g/mol. The molecular formula is C9H19N2S+2. The van der Waals surface area contributed by atoms with E-state index in [1.165, 1.54) is 54.8 Å². The van der Waals surface area contributed by atoms with Crippen LogP contribution in [-0.4, -0.2) is 67.6 Å². The fourth-order valence-electron chi connectivity index (χ4n) is 2.56. The van der Waals surface area contributed by atoms with E-state index in [-0.39, 0.29) is 0 Å². The molecule has 2 nitrogen and oxygen atoms in total. The van der Waals surface area contributed by atoms with Crippen molar-refractivity contribution in [2.75, 3.05) is 58.6 Å². The van der Waals surface area contributed by atoms with E-state index < -0.39 is 0 Å². The minimum absolute atomic E-state index is 0.948. The van der Waals surface area contributed by atoms with Crippen molar-refractivity contribution in [3.63, 3.8) is 0 Å². The van der Waals surface area contributed by atoms with Crippen LogP contribution in [0.1, 0.15) is 0 Å². The summed E-state index contributed by atoms with van der Waals surface area (Å²) in [6, 6.07) is 0. The highest BCUT2D eigenvalue weighted by Crippen LogP contribution is 2.24. The molecule has 0 spiro atoms. The number of piperazine rings is 3. The molecule has 3 aliphatic heterocycles. The Hall–Kier alpha value is 0.270. The number of rotatable bonds is 2. The van der Waals surface area contributed by atoms with Gasteiger partial charge in [0.25, 0.3) is 0 Å². The highest BCUT2D eigenvalue weighted by molar-refractivity contribution is 7.80. The van der Waals surface area contributed by atoms with Crippen LogP contribution in [0.4, 0.5) is 0 Å². The molecule has 0 atom stereocenters. The first-order chi connectivity index (χ1) is 5.68. The van der Waals surface area contributed by atoms with Crippen molar-refractivity contribution < 1.29 is 8.97 Å². The van der Waals surface area contributed by atoms with Crippen LogP contribution in [0.5, 0.6) is 0 Å². The van der Waals surface area contributed by atoms with Gasteiger partial charge in [0.05, 0.1) is 19.3 Å². The van der Waals surface area contributed by atoms with E-state index in [1.54, 1.807) is 0 Å². The molecule has 3 heteroatoms. The lowest BCUT2D eigenvalue weighted by Crippen LogP contribution is -2.73. The predicted molar refractivity (Wildman–Crippen MR) is 53.0 cm³/mol. The summed E-state index contributed by atoms with van der Waals surface area (Å²) >= 11 is 5.10. The first-order valence-electron chi connectivity index (χ1n) is 4.95. The van der Waals surface area contributed by atoms with Crippen molar-refractivity contribution in [3.05, 3.63) is 0 Å². The molecule has 3 fully saturated rings. The van der Waals surface area contributed by atoms with Gasteiger partial charge in [-0.25, -0.2) is 0 Å². The zero-order valence-corrected chi connectivity index (χ0v) is 8.78. The Balaban J connectivity index is 2.04. The molecule has 1 radical (unpaired) electrons. The van der Waals surface area contributed by atoms with Crippen LogP contribution >= 0.6 is 12.6 Å². The van der Waals surface area contributed by atoms with Gasteiger partial charge in [0, 0.05) is 0 Å². The zero-order chi connectivity index (χ0) is 8.66. The number of hydrogen-bond acceptors (Lipinski definition) is 0. The van der Waals surface area contributed by atoms with Gasteiger partial charge in [-0.2, -0.15) is 0 Å². The molecule has 0 aromatic carbocycles. The Bertz CT molecular complexity index is 157. The van der Waals surface area contributed by atoms with Gasteiger partial charge >= 0.3 is 0 Å². The molecule has 0 aromatic heterocycles. The molecule has 3 saturated heterocycles. The first-order valence-corrected chi connectivity index (χ1v) is 5.53. The molecule has 0 saturated carbocycles. The lowest BCUT2D eigenvalue weighted by atomic mass is 10.1. The predicted octanol–water partition coefficient (Wildman–Crippen LogP) is 0.474. The van der Waals surface area contributed by atoms with Crippen LogP contribution in [0.15, 0.2) is 0 Å². The second kappa shape index (κ2) is 2.89. The highest BCUT2D eigenvalue weighted by Gasteiger charge is 2.45. The van der Waals surface area contributed by atoms with Crippen molar-refractivity contribution >= 4 is 12.6 Å². The van der Waals surface area contributed by atoms with Crippen molar-refractivity contribution in [3.8, 4) is 0 Å². The number of nitrogens with zero attached hydrogens (tertiary/aromatic N) is 2. The van der Waals surface area contributed by atoms with E-state index in [0.29, 0.717) is 0 Å². The van der Waals surface area contributed by atoms with Gasteiger partial charge in [-0.3, -0.25) is 0 Å². The summed E-state index contributed by atoms with van der Waals surface area (Å²) in [6.45, 7) is 9.54. The monoisotopic (exact) mass is 187 g/mol. The highest BCUT2D eigenvalue weighted by atomic mass is 32.1. The van der Waals surface area contributed by atoms with E-state index in [1.807, 2.05) is 0 Å². The van der Waals surface area contributed by atoms with Gasteiger partial charge in [0.2, 0.25) is 0 Å². The number of fused-ring (bicyclic) bond motifs is 3. The maximum absolute atomic E-state index is 5.10. The summed E-state index contributed by atoms with van der Waals surface area (Å²) < 4.78 is 2.68. The third kappa shape index (κ3) is 1.38. The molecule has 12 heavy (non-hydrogen) atoms. The molecule has 0 aliphatic carbocycles. The normalized spacial score (nSPS) is 46.5. The zero-order valence-electron chi connectivity index (χ0n) is 7.96. The second-order valence-electron chi connectivity index (χ2n) is 4.73. The molecule has 3 aliphatic rings. The van der Waals surface area contributed by atoms with E-state index >= 15 is 0 Å². The Morgan fingerprint density at radius 2 is 1.50 bits per heavy atom. The van der Waals surface area contributed by atoms with E-state index in [9.17, 15) is 0 Å². The maximum atomic E-state index is 5.10. The fraction of sp³-hybridized carbons (Fsp3) is 1.00. The number of quaternary nitrogens is 2. The Morgan fingerprint density at radius 3 is 1.92 bits per heavy atom. The quantitative estimate of drug-likeness (QED) is 0.552. The second-order valence-corrected chi connectivity index (χ2v) is 5.14. The average molecular weight is 187 g/mol. The van der Waals surface area contributed by atoms with E-state index in [2.05, 4.69) is 7.05 Å². The Morgan fingerprint density at radius 1 is 1.00 bits per heavy atom. The molecule has 2 bridgehead atoms. The van der Waals surface area contributed by atoms with Crippen molar-refractivity contribution in [2.24, 2.45) is 0 Å². The topological polar surface area (TPSA) is 0 Å². The van der Waals surface area contributed by atoms with E-state index in [4.69, 9.17) is 12.6 Å². The average Bonchev–Trinajstić information content (AvgIpc) is 2.08. The third-order valence-electron chi connectivity index (χ3n) is 3.91. The number of hydrogen-bond donors (Lipinski definition) is 0. The van der Waals surface area contributed by atoms with E-state index in [0.717, 1.165) is 5.75 Å². The smallest absolute Gasteiger partial charge is 0.129 e. The van der Waals surface area contributed by atoms with Gasteiger partial charge in [0.15, 0.2) is 0 Å². The molecule has 0 amide bonds. The molecule has 0 unspecified atom stereocenters. The third-order valence-corrected chi connectivity index (χ3v) is 4.09. The SMILES string of the molecule is C[N+]12CC[N+](CC[S])(CC1)CC2. The van der Waals surface area contributed by atoms with Crippen LogP contribution in [0.3, 0.4) is 0 Å². The minimum atomic E-state index is 0.948. The molecule has 3 rings (SSSR count). The standard InChI is InChI=1S/C9H19N2S/c1-10-2-5-11(6-3-10,7-4-10)8-9-12/h2-9H2,1H3/q+2. The Labute approximate surface area is 80.7 Å². The van der Waals surface area contributed by atoms with Crippen LogP contribution in [0.25, 0.3) is 0 Å². The molecule has 3 heterocycles. The van der Waals surface area contributed by atoms with Crippen molar-refractivity contribution in [1.82, 2.24) is 0 Å².